The summed E-state index contributed by atoms with van der Waals surface area (Å²) in [6, 6.07) is 11.2. The number of methoxy groups -OCH3 is 1. The lowest BCUT2D eigenvalue weighted by Crippen LogP contribution is -2.33. The van der Waals surface area contributed by atoms with Gasteiger partial charge in [0.05, 0.1) is 24.0 Å². The SMILES string of the molecule is COc1ccc(N2C(=O)C(C)(C)CS2(=O)=O)cc1S(=O)(=O)NCc1ccccc1C. The number of anilines is 1. The summed E-state index contributed by atoms with van der Waals surface area (Å²) in [5.41, 5.74) is 0.593. The van der Waals surface area contributed by atoms with Crippen LogP contribution >= 0.6 is 0 Å². The molecule has 0 atom stereocenters. The normalized spacial score (nSPS) is 17.9. The molecule has 0 radical (unpaired) electrons. The number of sulfonamides is 2. The molecule has 1 amide bonds. The predicted molar refractivity (Wildman–Crippen MR) is 113 cm³/mol. The zero-order valence-electron chi connectivity index (χ0n) is 17.2. The number of carbonyl (C=O) groups is 1. The van der Waals surface area contributed by atoms with Crippen molar-refractivity contribution in [2.45, 2.75) is 32.2 Å². The minimum absolute atomic E-state index is 0.0392. The summed E-state index contributed by atoms with van der Waals surface area (Å²) in [5.74, 6) is -0.915. The first-order valence-corrected chi connectivity index (χ1v) is 12.3. The highest BCUT2D eigenvalue weighted by Crippen LogP contribution is 2.38. The molecule has 3 rings (SSSR count). The zero-order chi connectivity index (χ0) is 22.3. The van der Waals surface area contributed by atoms with Gasteiger partial charge in [-0.2, -0.15) is 0 Å². The highest BCUT2D eigenvalue weighted by molar-refractivity contribution is 7.94. The van der Waals surface area contributed by atoms with Crippen LogP contribution in [-0.2, 0) is 31.4 Å². The zero-order valence-corrected chi connectivity index (χ0v) is 18.8. The van der Waals surface area contributed by atoms with Crippen LogP contribution in [0.15, 0.2) is 47.4 Å². The van der Waals surface area contributed by atoms with Crippen molar-refractivity contribution < 1.29 is 26.4 Å². The number of hydrogen-bond acceptors (Lipinski definition) is 6. The van der Waals surface area contributed by atoms with Gasteiger partial charge in [-0.05, 0) is 50.1 Å². The Morgan fingerprint density at radius 1 is 1.17 bits per heavy atom. The molecule has 30 heavy (non-hydrogen) atoms. The van der Waals surface area contributed by atoms with Crippen LogP contribution in [0.25, 0.3) is 0 Å². The molecular weight excluding hydrogens is 428 g/mol. The molecule has 162 valence electrons. The van der Waals surface area contributed by atoms with Crippen molar-refractivity contribution in [3.05, 3.63) is 53.6 Å². The molecule has 0 spiro atoms. The first-order valence-electron chi connectivity index (χ1n) is 9.19. The molecule has 1 fully saturated rings. The summed E-state index contributed by atoms with van der Waals surface area (Å²) in [5, 5.41) is 0. The Labute approximate surface area is 177 Å². The minimum atomic E-state index is -4.06. The van der Waals surface area contributed by atoms with Gasteiger partial charge < -0.3 is 4.74 Å². The number of rotatable bonds is 6. The molecule has 0 aliphatic carbocycles. The third-order valence-corrected chi connectivity index (χ3v) is 8.41. The molecule has 1 aliphatic heterocycles. The van der Waals surface area contributed by atoms with Gasteiger partial charge in [0.15, 0.2) is 0 Å². The van der Waals surface area contributed by atoms with E-state index in [1.54, 1.807) is 0 Å². The molecule has 0 unspecified atom stereocenters. The molecule has 0 saturated carbocycles. The molecule has 10 heteroatoms. The molecule has 1 heterocycles. The average molecular weight is 453 g/mol. The lowest BCUT2D eigenvalue weighted by Gasteiger charge is -2.19. The predicted octanol–water partition coefficient (Wildman–Crippen LogP) is 2.18. The monoisotopic (exact) mass is 452 g/mol. The van der Waals surface area contributed by atoms with Crippen LogP contribution < -0.4 is 13.8 Å². The van der Waals surface area contributed by atoms with E-state index in [-0.39, 0.29) is 28.6 Å². The van der Waals surface area contributed by atoms with Crippen molar-refractivity contribution in [1.82, 2.24) is 4.72 Å². The lowest BCUT2D eigenvalue weighted by molar-refractivity contribution is -0.123. The molecular formula is C20H24N2O6S2. The summed E-state index contributed by atoms with van der Waals surface area (Å²) >= 11 is 0. The summed E-state index contributed by atoms with van der Waals surface area (Å²) in [7, 11) is -6.66. The highest BCUT2D eigenvalue weighted by atomic mass is 32.2. The van der Waals surface area contributed by atoms with Gasteiger partial charge in [-0.1, -0.05) is 24.3 Å². The van der Waals surface area contributed by atoms with E-state index in [4.69, 9.17) is 4.74 Å². The fourth-order valence-corrected chi connectivity index (χ4v) is 6.61. The molecule has 1 saturated heterocycles. The maximum Gasteiger partial charge on any atom is 0.247 e. The Kier molecular flexibility index (Phi) is 5.70. The lowest BCUT2D eigenvalue weighted by atomic mass is 9.95. The van der Waals surface area contributed by atoms with E-state index < -0.39 is 31.4 Å². The van der Waals surface area contributed by atoms with Gasteiger partial charge >= 0.3 is 0 Å². The van der Waals surface area contributed by atoms with E-state index in [0.717, 1.165) is 17.2 Å². The largest absolute Gasteiger partial charge is 0.495 e. The standard InChI is InChI=1S/C20H24N2O6S2/c1-14-7-5-6-8-15(14)12-21-30(26,27)18-11-16(9-10-17(18)28-4)22-19(23)20(2,3)13-29(22,24)25/h5-11,21H,12-13H2,1-4H3. The van der Waals surface area contributed by atoms with Crippen LogP contribution in [0.2, 0.25) is 0 Å². The van der Waals surface area contributed by atoms with Crippen LogP contribution in [0.1, 0.15) is 25.0 Å². The Hall–Kier alpha value is -2.43. The van der Waals surface area contributed by atoms with E-state index in [1.165, 1.54) is 33.1 Å². The number of hydrogen-bond donors (Lipinski definition) is 1. The summed E-state index contributed by atoms with van der Waals surface area (Å²) in [6.45, 7) is 5.00. The topological polar surface area (TPSA) is 110 Å². The van der Waals surface area contributed by atoms with Gasteiger partial charge in [-0.3, -0.25) is 4.79 Å². The van der Waals surface area contributed by atoms with Gasteiger partial charge in [0.2, 0.25) is 26.0 Å². The third kappa shape index (κ3) is 4.07. The van der Waals surface area contributed by atoms with Crippen LogP contribution in [0.4, 0.5) is 5.69 Å². The molecule has 2 aromatic rings. The number of ether oxygens (including phenoxy) is 1. The number of nitrogens with one attached hydrogen (secondary N) is 1. The van der Waals surface area contributed by atoms with Gasteiger partial charge in [0, 0.05) is 6.54 Å². The van der Waals surface area contributed by atoms with E-state index in [2.05, 4.69) is 4.72 Å². The summed E-state index contributed by atoms with van der Waals surface area (Å²) < 4.78 is 59.5. The molecule has 1 N–H and O–H groups in total. The van der Waals surface area contributed by atoms with Crippen LogP contribution in [0, 0.1) is 12.3 Å². The van der Waals surface area contributed by atoms with Gasteiger partial charge in [0.1, 0.15) is 10.6 Å². The second kappa shape index (κ2) is 7.68. The molecule has 2 aromatic carbocycles. The Balaban J connectivity index is 2.01. The van der Waals surface area contributed by atoms with Crippen LogP contribution in [0.3, 0.4) is 0 Å². The van der Waals surface area contributed by atoms with Gasteiger partial charge in [-0.25, -0.2) is 25.9 Å². The van der Waals surface area contributed by atoms with Gasteiger partial charge in [-0.15, -0.1) is 0 Å². The summed E-state index contributed by atoms with van der Waals surface area (Å²) in [4.78, 5) is 12.4. The number of aryl methyl sites for hydroxylation is 1. The number of amides is 1. The molecule has 8 nitrogen and oxygen atoms in total. The maximum absolute atomic E-state index is 13.0. The van der Waals surface area contributed by atoms with E-state index in [0.29, 0.717) is 4.31 Å². The fraction of sp³-hybridized carbons (Fsp3) is 0.350. The van der Waals surface area contributed by atoms with E-state index in [1.807, 2.05) is 31.2 Å². The summed E-state index contributed by atoms with van der Waals surface area (Å²) in [6.07, 6.45) is 0. The Morgan fingerprint density at radius 2 is 1.83 bits per heavy atom. The number of carbonyl (C=O) groups excluding carboxylic acids is 1. The first kappa shape index (κ1) is 22.3. The second-order valence-electron chi connectivity index (χ2n) is 7.80. The number of nitrogens with zero attached hydrogens (tertiary/aromatic N) is 1. The fourth-order valence-electron chi connectivity index (χ4n) is 3.32. The average Bonchev–Trinajstić information content (AvgIpc) is 2.83. The molecule has 0 bridgehead atoms. The van der Waals surface area contributed by atoms with Crippen molar-refractivity contribution >= 4 is 31.6 Å². The van der Waals surface area contributed by atoms with Crippen LogP contribution in [-0.4, -0.2) is 35.6 Å². The van der Waals surface area contributed by atoms with Crippen molar-refractivity contribution in [2.24, 2.45) is 5.41 Å². The Bertz CT molecular complexity index is 1200. The maximum atomic E-state index is 13.0. The minimum Gasteiger partial charge on any atom is -0.495 e. The van der Waals surface area contributed by atoms with Crippen molar-refractivity contribution in [3.63, 3.8) is 0 Å². The smallest absolute Gasteiger partial charge is 0.247 e. The van der Waals surface area contributed by atoms with Crippen molar-refractivity contribution in [1.29, 1.82) is 0 Å². The van der Waals surface area contributed by atoms with E-state index in [9.17, 15) is 21.6 Å². The third-order valence-electron chi connectivity index (χ3n) is 4.97. The van der Waals surface area contributed by atoms with E-state index >= 15 is 0 Å². The second-order valence-corrected chi connectivity index (χ2v) is 11.3. The van der Waals surface area contributed by atoms with Crippen molar-refractivity contribution in [3.8, 4) is 5.75 Å². The highest BCUT2D eigenvalue weighted by Gasteiger charge is 2.50. The molecule has 1 aliphatic rings. The quantitative estimate of drug-likeness (QED) is 0.719. The van der Waals surface area contributed by atoms with Crippen molar-refractivity contribution in [2.75, 3.05) is 17.2 Å². The molecule has 0 aromatic heterocycles. The van der Waals surface area contributed by atoms with Gasteiger partial charge in [0.25, 0.3) is 0 Å². The Morgan fingerprint density at radius 3 is 2.40 bits per heavy atom. The van der Waals surface area contributed by atoms with Crippen LogP contribution in [0.5, 0.6) is 5.75 Å². The number of benzene rings is 2. The first-order chi connectivity index (χ1) is 13.9.